The van der Waals surface area contributed by atoms with E-state index in [0.717, 1.165) is 0 Å². The number of carbonyl (C=O) groups is 2. The van der Waals surface area contributed by atoms with Crippen LogP contribution in [0.15, 0.2) is 0 Å². The highest BCUT2D eigenvalue weighted by Crippen LogP contribution is 2.17. The van der Waals surface area contributed by atoms with Crippen LogP contribution >= 0.6 is 0 Å². The third kappa shape index (κ3) is 3.16. The van der Waals surface area contributed by atoms with Crippen LogP contribution in [0.2, 0.25) is 0 Å². The van der Waals surface area contributed by atoms with Gasteiger partial charge >= 0.3 is 5.97 Å². The quantitative estimate of drug-likeness (QED) is 0.447. The Hall–Kier alpha value is -1.18. The molecule has 0 saturated carbocycles. The number of aliphatic carboxylic acids is 1. The number of carboxylic acid groups (broad SMARTS) is 1. The van der Waals surface area contributed by atoms with E-state index < -0.39 is 23.5 Å². The fourth-order valence-electron chi connectivity index (χ4n) is 1.42. The number of nitrogens with two attached hydrogens (primary N) is 1. The van der Waals surface area contributed by atoms with E-state index in [4.69, 9.17) is 20.7 Å². The minimum absolute atomic E-state index is 0.339. The standard InChI is InChI=1S/C9H16N2O5/c10-9(1-3-16-4-2-9)8(15)11-5-6(12)7(13)14/h6,12H,1-5,10H2,(H,11,15)(H,13,14). The Morgan fingerprint density at radius 1 is 1.44 bits per heavy atom. The lowest BCUT2D eigenvalue weighted by atomic mass is 9.90. The van der Waals surface area contributed by atoms with E-state index in [1.54, 1.807) is 0 Å². The summed E-state index contributed by atoms with van der Waals surface area (Å²) in [5.74, 6) is -1.82. The first-order valence-electron chi connectivity index (χ1n) is 5.01. The average Bonchev–Trinajstić information content (AvgIpc) is 2.26. The molecule has 0 aromatic heterocycles. The maximum absolute atomic E-state index is 11.7. The smallest absolute Gasteiger partial charge is 0.334 e. The van der Waals surface area contributed by atoms with E-state index in [0.29, 0.717) is 26.1 Å². The Kier molecular flexibility index (Phi) is 4.22. The van der Waals surface area contributed by atoms with Gasteiger partial charge in [0.2, 0.25) is 5.91 Å². The molecule has 16 heavy (non-hydrogen) atoms. The Bertz CT molecular complexity index is 275. The Morgan fingerprint density at radius 2 is 2.00 bits per heavy atom. The van der Waals surface area contributed by atoms with Crippen LogP contribution < -0.4 is 11.1 Å². The fourth-order valence-corrected chi connectivity index (χ4v) is 1.42. The molecule has 7 heteroatoms. The molecule has 0 radical (unpaired) electrons. The van der Waals surface area contributed by atoms with Crippen LogP contribution in [0.4, 0.5) is 0 Å². The number of hydrogen-bond acceptors (Lipinski definition) is 5. The van der Waals surface area contributed by atoms with Crippen LogP contribution in [0.1, 0.15) is 12.8 Å². The lowest BCUT2D eigenvalue weighted by molar-refractivity contribution is -0.146. The SMILES string of the molecule is NC1(C(=O)NCC(O)C(=O)O)CCOCC1. The minimum Gasteiger partial charge on any atom is -0.479 e. The molecular weight excluding hydrogens is 216 g/mol. The number of hydrogen-bond donors (Lipinski definition) is 4. The molecule has 1 aliphatic heterocycles. The zero-order chi connectivity index (χ0) is 12.2. The van der Waals surface area contributed by atoms with Gasteiger partial charge in [-0.1, -0.05) is 0 Å². The zero-order valence-electron chi connectivity index (χ0n) is 8.81. The van der Waals surface area contributed by atoms with Crippen molar-refractivity contribution in [3.8, 4) is 0 Å². The predicted molar refractivity (Wildman–Crippen MR) is 53.6 cm³/mol. The second-order valence-corrected chi connectivity index (χ2v) is 3.83. The summed E-state index contributed by atoms with van der Waals surface area (Å²) in [6.07, 6.45) is -0.823. The van der Waals surface area contributed by atoms with Gasteiger partial charge in [-0.05, 0) is 12.8 Å². The van der Waals surface area contributed by atoms with Gasteiger partial charge in [0.1, 0.15) is 0 Å². The number of rotatable bonds is 4. The second-order valence-electron chi connectivity index (χ2n) is 3.83. The van der Waals surface area contributed by atoms with Gasteiger partial charge in [-0.3, -0.25) is 4.79 Å². The molecule has 1 unspecified atom stereocenters. The highest BCUT2D eigenvalue weighted by atomic mass is 16.5. The molecule has 0 aromatic carbocycles. The van der Waals surface area contributed by atoms with Gasteiger partial charge in [-0.15, -0.1) is 0 Å². The summed E-state index contributed by atoms with van der Waals surface area (Å²) in [6, 6.07) is 0. The molecule has 5 N–H and O–H groups in total. The molecule has 1 fully saturated rings. The molecule has 0 spiro atoms. The molecule has 0 aliphatic carbocycles. The van der Waals surface area contributed by atoms with Gasteiger partial charge in [0.25, 0.3) is 0 Å². The summed E-state index contributed by atoms with van der Waals surface area (Å²) in [5.41, 5.74) is 4.83. The Morgan fingerprint density at radius 3 is 2.50 bits per heavy atom. The molecule has 0 bridgehead atoms. The molecule has 1 atom stereocenters. The molecule has 92 valence electrons. The molecule has 1 aliphatic rings. The molecule has 0 aromatic rings. The van der Waals surface area contributed by atoms with Gasteiger partial charge in [0.15, 0.2) is 6.10 Å². The van der Waals surface area contributed by atoms with Crippen LogP contribution in [0.5, 0.6) is 0 Å². The van der Waals surface area contributed by atoms with Crippen molar-refractivity contribution >= 4 is 11.9 Å². The van der Waals surface area contributed by atoms with Crippen LogP contribution in [-0.2, 0) is 14.3 Å². The minimum atomic E-state index is -1.60. The maximum Gasteiger partial charge on any atom is 0.334 e. The van der Waals surface area contributed by atoms with Crippen molar-refractivity contribution in [2.24, 2.45) is 5.73 Å². The largest absolute Gasteiger partial charge is 0.479 e. The van der Waals surface area contributed by atoms with Gasteiger partial charge in [0, 0.05) is 13.2 Å². The highest BCUT2D eigenvalue weighted by Gasteiger charge is 2.36. The first-order valence-corrected chi connectivity index (χ1v) is 5.01. The summed E-state index contributed by atoms with van der Waals surface area (Å²) in [5, 5.41) is 19.7. The van der Waals surface area contributed by atoms with Crippen LogP contribution in [0, 0.1) is 0 Å². The summed E-state index contributed by atoms with van der Waals surface area (Å²) >= 11 is 0. The molecule has 1 saturated heterocycles. The highest BCUT2D eigenvalue weighted by molar-refractivity contribution is 5.86. The first-order chi connectivity index (χ1) is 7.46. The number of aliphatic hydroxyl groups is 1. The van der Waals surface area contributed by atoms with Crippen molar-refractivity contribution < 1.29 is 24.5 Å². The van der Waals surface area contributed by atoms with E-state index in [-0.39, 0.29) is 6.54 Å². The van der Waals surface area contributed by atoms with Crippen LogP contribution in [0.3, 0.4) is 0 Å². The van der Waals surface area contributed by atoms with Gasteiger partial charge < -0.3 is 26.0 Å². The summed E-state index contributed by atoms with van der Waals surface area (Å²) in [7, 11) is 0. The predicted octanol–water partition coefficient (Wildman–Crippen LogP) is -1.94. The monoisotopic (exact) mass is 232 g/mol. The Balaban J connectivity index is 2.42. The van der Waals surface area contributed by atoms with Gasteiger partial charge in [-0.2, -0.15) is 0 Å². The van der Waals surface area contributed by atoms with Crippen molar-refractivity contribution in [2.75, 3.05) is 19.8 Å². The van der Waals surface area contributed by atoms with Crippen molar-refractivity contribution in [3.05, 3.63) is 0 Å². The van der Waals surface area contributed by atoms with Crippen LogP contribution in [-0.4, -0.2) is 53.5 Å². The summed E-state index contributed by atoms with van der Waals surface area (Å²) < 4.78 is 5.08. The topological polar surface area (TPSA) is 122 Å². The maximum atomic E-state index is 11.7. The van der Waals surface area contributed by atoms with Crippen molar-refractivity contribution in [2.45, 2.75) is 24.5 Å². The average molecular weight is 232 g/mol. The normalized spacial score (nSPS) is 21.1. The van der Waals surface area contributed by atoms with Gasteiger partial charge in [0.05, 0.1) is 12.1 Å². The number of amides is 1. The molecular formula is C9H16N2O5. The van der Waals surface area contributed by atoms with E-state index >= 15 is 0 Å². The summed E-state index contributed by atoms with van der Waals surface area (Å²) in [6.45, 7) is 0.477. The fraction of sp³-hybridized carbons (Fsp3) is 0.778. The zero-order valence-corrected chi connectivity index (χ0v) is 8.81. The number of aliphatic hydroxyl groups excluding tert-OH is 1. The molecule has 1 heterocycles. The third-order valence-electron chi connectivity index (χ3n) is 2.58. The first kappa shape index (κ1) is 12.9. The lowest BCUT2D eigenvalue weighted by Crippen LogP contribution is -2.58. The number of carboxylic acids is 1. The number of nitrogens with one attached hydrogen (secondary N) is 1. The lowest BCUT2D eigenvalue weighted by Gasteiger charge is -2.31. The van der Waals surface area contributed by atoms with Crippen molar-refractivity contribution in [3.63, 3.8) is 0 Å². The van der Waals surface area contributed by atoms with Crippen LogP contribution in [0.25, 0.3) is 0 Å². The molecule has 7 nitrogen and oxygen atoms in total. The Labute approximate surface area is 92.6 Å². The molecule has 1 amide bonds. The van der Waals surface area contributed by atoms with Crippen molar-refractivity contribution in [1.29, 1.82) is 0 Å². The second kappa shape index (κ2) is 5.24. The number of ether oxygens (including phenoxy) is 1. The van der Waals surface area contributed by atoms with E-state index in [2.05, 4.69) is 5.32 Å². The van der Waals surface area contributed by atoms with Crippen molar-refractivity contribution in [1.82, 2.24) is 5.32 Å². The third-order valence-corrected chi connectivity index (χ3v) is 2.58. The number of carbonyl (C=O) groups excluding carboxylic acids is 1. The summed E-state index contributed by atoms with van der Waals surface area (Å²) in [4.78, 5) is 22.0. The van der Waals surface area contributed by atoms with E-state index in [1.165, 1.54) is 0 Å². The van der Waals surface area contributed by atoms with E-state index in [9.17, 15) is 9.59 Å². The van der Waals surface area contributed by atoms with Gasteiger partial charge in [-0.25, -0.2) is 4.79 Å². The molecule has 1 rings (SSSR count). The van der Waals surface area contributed by atoms with E-state index in [1.807, 2.05) is 0 Å².